The maximum atomic E-state index is 6.26. The smallest absolute Gasteiger partial charge is 0.164 e. The Bertz CT molecular complexity index is 3010. The Morgan fingerprint density at radius 3 is 1.32 bits per heavy atom. The third-order valence-electron chi connectivity index (χ3n) is 10.9. The zero-order valence-electron chi connectivity index (χ0n) is 30.8. The first-order valence-corrected chi connectivity index (χ1v) is 19.2. The second kappa shape index (κ2) is 13.6. The Morgan fingerprint density at radius 1 is 0.368 bits per heavy atom. The molecule has 270 valence electrons. The van der Waals surface area contributed by atoms with Gasteiger partial charge in [0.15, 0.2) is 17.5 Å². The fraction of sp³-hybridized carbons (Fsp3) is 0.0392. The van der Waals surface area contributed by atoms with Gasteiger partial charge in [-0.3, -0.25) is 0 Å². The van der Waals surface area contributed by atoms with E-state index in [4.69, 9.17) is 23.8 Å². The minimum absolute atomic E-state index is 0.570. The zero-order chi connectivity index (χ0) is 37.7. The lowest BCUT2D eigenvalue weighted by atomic mass is 9.94. The van der Waals surface area contributed by atoms with E-state index in [0.29, 0.717) is 17.5 Å². The van der Waals surface area contributed by atoms with Crippen LogP contribution in [0.2, 0.25) is 0 Å². The van der Waals surface area contributed by atoms with Gasteiger partial charge >= 0.3 is 0 Å². The molecule has 1 aliphatic rings. The molecule has 0 unspecified atom stereocenters. The predicted octanol–water partition coefficient (Wildman–Crippen LogP) is 13.6. The number of hydrogen-bond donors (Lipinski definition) is 0. The highest BCUT2D eigenvalue weighted by atomic mass is 16.3. The molecule has 0 saturated heterocycles. The minimum atomic E-state index is 0.570. The van der Waals surface area contributed by atoms with Crippen molar-refractivity contribution in [2.75, 3.05) is 4.90 Å². The van der Waals surface area contributed by atoms with Crippen LogP contribution < -0.4 is 4.90 Å². The van der Waals surface area contributed by atoms with Gasteiger partial charge in [-0.25, -0.2) is 15.0 Å². The molecule has 10 aromatic rings. The van der Waals surface area contributed by atoms with E-state index >= 15 is 0 Å². The van der Waals surface area contributed by atoms with Gasteiger partial charge in [0.2, 0.25) is 0 Å². The molecule has 57 heavy (non-hydrogen) atoms. The second-order valence-electron chi connectivity index (χ2n) is 14.4. The summed E-state index contributed by atoms with van der Waals surface area (Å²) in [7, 11) is 0. The maximum Gasteiger partial charge on any atom is 0.164 e. The largest absolute Gasteiger partial charge is 0.456 e. The van der Waals surface area contributed by atoms with Gasteiger partial charge in [0.25, 0.3) is 0 Å². The molecule has 0 radical (unpaired) electrons. The van der Waals surface area contributed by atoms with Crippen LogP contribution in [0.3, 0.4) is 0 Å². The number of para-hydroxylation sites is 4. The summed E-state index contributed by atoms with van der Waals surface area (Å²) in [6.07, 6.45) is 6.36. The van der Waals surface area contributed by atoms with Gasteiger partial charge in [-0.2, -0.15) is 0 Å². The van der Waals surface area contributed by atoms with E-state index in [1.807, 2.05) is 48.5 Å². The third-order valence-corrected chi connectivity index (χ3v) is 10.9. The number of furan rings is 2. The molecule has 6 heteroatoms. The van der Waals surface area contributed by atoms with Crippen molar-refractivity contribution in [3.05, 3.63) is 193 Å². The van der Waals surface area contributed by atoms with Crippen molar-refractivity contribution in [1.82, 2.24) is 15.0 Å². The van der Waals surface area contributed by atoms with Crippen molar-refractivity contribution in [3.8, 4) is 34.2 Å². The van der Waals surface area contributed by atoms with Crippen LogP contribution in [0, 0.1) is 0 Å². The average molecular weight is 735 g/mol. The van der Waals surface area contributed by atoms with E-state index in [-0.39, 0.29) is 0 Å². The molecule has 0 aliphatic heterocycles. The molecule has 0 spiro atoms. The van der Waals surface area contributed by atoms with Crippen LogP contribution >= 0.6 is 0 Å². The quantitative estimate of drug-likeness (QED) is 0.162. The van der Waals surface area contributed by atoms with Crippen LogP contribution in [0.4, 0.5) is 11.4 Å². The van der Waals surface area contributed by atoms with Crippen molar-refractivity contribution < 1.29 is 8.83 Å². The van der Waals surface area contributed by atoms with Crippen molar-refractivity contribution >= 4 is 60.8 Å². The van der Waals surface area contributed by atoms with Gasteiger partial charge in [-0.1, -0.05) is 115 Å². The molecule has 0 saturated carbocycles. The predicted molar refractivity (Wildman–Crippen MR) is 231 cm³/mol. The molecule has 11 rings (SSSR count). The number of nitrogens with zero attached hydrogens (tertiary/aromatic N) is 4. The SMILES string of the molecule is C1=C(c2ccc(-c3nc(-c4ccc5c(c4)oc4ccccc45)nc(-c4ccc5c(c4)oc4ccccc45)n3)cc2)CCC(N(c2ccccc2)c2ccccc2)=C1. The lowest BCUT2D eigenvalue weighted by Gasteiger charge is -2.29. The summed E-state index contributed by atoms with van der Waals surface area (Å²) < 4.78 is 12.5. The number of hydrogen-bond acceptors (Lipinski definition) is 6. The van der Waals surface area contributed by atoms with Crippen LogP contribution in [0.25, 0.3) is 83.6 Å². The van der Waals surface area contributed by atoms with Crippen LogP contribution in [0.15, 0.2) is 197 Å². The molecule has 1 aliphatic carbocycles. The number of fused-ring (bicyclic) bond motifs is 6. The molecule has 0 fully saturated rings. The average Bonchev–Trinajstić information content (AvgIpc) is 3.85. The van der Waals surface area contributed by atoms with Gasteiger partial charge in [0, 0.05) is 55.3 Å². The van der Waals surface area contributed by atoms with E-state index in [1.54, 1.807) is 0 Å². The first kappa shape index (κ1) is 32.8. The van der Waals surface area contributed by atoms with Crippen molar-refractivity contribution in [2.45, 2.75) is 12.8 Å². The Hall–Kier alpha value is -7.57. The number of benzene rings is 7. The number of allylic oxidation sites excluding steroid dienone is 4. The summed E-state index contributed by atoms with van der Waals surface area (Å²) in [5.41, 5.74) is 11.9. The van der Waals surface area contributed by atoms with E-state index < -0.39 is 0 Å². The van der Waals surface area contributed by atoms with E-state index in [0.717, 1.165) is 84.8 Å². The van der Waals surface area contributed by atoms with Gasteiger partial charge in [-0.05, 0) is 90.7 Å². The van der Waals surface area contributed by atoms with Crippen LogP contribution in [0.1, 0.15) is 18.4 Å². The molecule has 0 bridgehead atoms. The fourth-order valence-corrected chi connectivity index (χ4v) is 8.01. The number of anilines is 2. The van der Waals surface area contributed by atoms with E-state index in [2.05, 4.69) is 138 Å². The Kier molecular flexibility index (Phi) is 7.84. The molecule has 3 aromatic heterocycles. The summed E-state index contributed by atoms with van der Waals surface area (Å²) in [4.78, 5) is 17.5. The van der Waals surface area contributed by atoms with Crippen molar-refractivity contribution in [1.29, 1.82) is 0 Å². The fourth-order valence-electron chi connectivity index (χ4n) is 8.01. The van der Waals surface area contributed by atoms with Crippen molar-refractivity contribution in [3.63, 3.8) is 0 Å². The highest BCUT2D eigenvalue weighted by molar-refractivity contribution is 6.06. The Morgan fingerprint density at radius 2 is 0.807 bits per heavy atom. The number of rotatable bonds is 7. The molecule has 0 N–H and O–H groups in total. The monoisotopic (exact) mass is 734 g/mol. The number of aromatic nitrogens is 3. The summed E-state index contributed by atoms with van der Waals surface area (Å²) in [5.74, 6) is 1.73. The first-order valence-electron chi connectivity index (χ1n) is 19.2. The highest BCUT2D eigenvalue weighted by Crippen LogP contribution is 2.38. The molecular formula is C51H34N4O2. The molecule has 7 aromatic carbocycles. The van der Waals surface area contributed by atoms with Crippen molar-refractivity contribution in [2.24, 2.45) is 0 Å². The van der Waals surface area contributed by atoms with Gasteiger partial charge in [-0.15, -0.1) is 0 Å². The van der Waals surface area contributed by atoms with Crippen LogP contribution in [-0.2, 0) is 0 Å². The second-order valence-corrected chi connectivity index (χ2v) is 14.4. The third kappa shape index (κ3) is 5.95. The Labute approximate surface area is 328 Å². The van der Waals surface area contributed by atoms with Crippen LogP contribution in [0.5, 0.6) is 0 Å². The van der Waals surface area contributed by atoms with Gasteiger partial charge < -0.3 is 13.7 Å². The summed E-state index contributed by atoms with van der Waals surface area (Å²) in [5, 5.41) is 4.28. The molecule has 6 nitrogen and oxygen atoms in total. The maximum absolute atomic E-state index is 6.26. The van der Waals surface area contributed by atoms with Gasteiger partial charge in [0.05, 0.1) is 0 Å². The molecule has 0 amide bonds. The standard InChI is InChI=1S/C51H34N4O2/c1-3-11-38(12-4-1)55(39-13-5-2-6-14-39)40-27-23-34(24-28-40)33-19-21-35(22-20-33)49-52-50(36-25-29-43-41-15-7-9-17-45(41)56-47(43)31-36)54-51(53-49)37-26-30-44-42-16-8-10-18-46(42)57-48(44)32-37/h1-23,25-27,29-32H,24,28H2. The first-order chi connectivity index (χ1) is 28.2. The Balaban J connectivity index is 0.969. The topological polar surface area (TPSA) is 68.2 Å². The van der Waals surface area contributed by atoms with E-state index in [1.165, 1.54) is 16.8 Å². The molecular weight excluding hydrogens is 701 g/mol. The summed E-state index contributed by atoms with van der Waals surface area (Å²) >= 11 is 0. The summed E-state index contributed by atoms with van der Waals surface area (Å²) in [6, 6.07) is 58.3. The zero-order valence-corrected chi connectivity index (χ0v) is 30.8. The lowest BCUT2D eigenvalue weighted by molar-refractivity contribution is 0.668. The molecule has 3 heterocycles. The normalized spacial score (nSPS) is 13.0. The molecule has 0 atom stereocenters. The lowest BCUT2D eigenvalue weighted by Crippen LogP contribution is -2.17. The van der Waals surface area contributed by atoms with Gasteiger partial charge in [0.1, 0.15) is 22.3 Å². The minimum Gasteiger partial charge on any atom is -0.456 e. The van der Waals surface area contributed by atoms with E-state index in [9.17, 15) is 0 Å². The van der Waals surface area contributed by atoms with Crippen LogP contribution in [-0.4, -0.2) is 15.0 Å². The highest BCUT2D eigenvalue weighted by Gasteiger charge is 2.19. The summed E-state index contributed by atoms with van der Waals surface area (Å²) in [6.45, 7) is 0.